The first-order valence-corrected chi connectivity index (χ1v) is 12.6. The van der Waals surface area contributed by atoms with E-state index in [2.05, 4.69) is 9.47 Å². The molecule has 0 aliphatic carbocycles. The summed E-state index contributed by atoms with van der Waals surface area (Å²) >= 11 is 0. The Morgan fingerprint density at radius 2 is 1.00 bits per heavy atom. The Hall–Kier alpha value is -3.44. The third-order valence-electron chi connectivity index (χ3n) is 6.26. The topological polar surface area (TPSA) is 76.0 Å². The van der Waals surface area contributed by atoms with Gasteiger partial charge >= 0.3 is 59.8 Å². The van der Waals surface area contributed by atoms with Crippen molar-refractivity contribution in [2.45, 2.75) is 86.2 Å². The van der Waals surface area contributed by atoms with Crippen LogP contribution in [-0.2, 0) is 25.6 Å². The van der Waals surface area contributed by atoms with Crippen LogP contribution in [0.5, 0.6) is 11.5 Å². The number of halogens is 18. The first-order valence-electron chi connectivity index (χ1n) is 12.6. The van der Waals surface area contributed by atoms with E-state index in [1.165, 1.54) is 0 Å². The van der Waals surface area contributed by atoms with Gasteiger partial charge in [0.15, 0.2) is 17.6 Å². The zero-order valence-electron chi connectivity index (χ0n) is 23.1. The Morgan fingerprint density at radius 1 is 0.625 bits per heavy atom. The van der Waals surface area contributed by atoms with Crippen LogP contribution in [0.15, 0.2) is 12.4 Å². The number of fused-ring (bicyclic) bond motifs is 1. The second kappa shape index (κ2) is 13.5. The van der Waals surface area contributed by atoms with Gasteiger partial charge in [-0.2, -0.15) is 79.0 Å². The van der Waals surface area contributed by atoms with E-state index in [0.717, 1.165) is 17.0 Å². The monoisotopic (exact) mass is 747 g/mol. The normalized spacial score (nSPS) is 16.0. The van der Waals surface area contributed by atoms with Crippen molar-refractivity contribution >= 4 is 11.9 Å². The zero-order chi connectivity index (χ0) is 37.4. The van der Waals surface area contributed by atoms with Crippen LogP contribution in [0.4, 0.5) is 79.0 Å². The summed E-state index contributed by atoms with van der Waals surface area (Å²) in [5, 5.41) is 0. The smallest absolute Gasteiger partial charge is 0.460 e. The summed E-state index contributed by atoms with van der Waals surface area (Å²) < 4.78 is 255. The predicted molar refractivity (Wildman–Crippen MR) is 117 cm³/mol. The van der Waals surface area contributed by atoms with E-state index >= 15 is 0 Å². The average Bonchev–Trinajstić information content (AvgIpc) is 3.34. The van der Waals surface area contributed by atoms with E-state index in [1.807, 2.05) is 0 Å². The first kappa shape index (κ1) is 40.7. The van der Waals surface area contributed by atoms with Crippen molar-refractivity contribution in [1.82, 2.24) is 4.57 Å². The number of nitrogens with zero attached hydrogens (tertiary/aromatic N) is 1. The summed E-state index contributed by atoms with van der Waals surface area (Å²) in [4.78, 5) is 24.0. The van der Waals surface area contributed by atoms with Crippen LogP contribution < -0.4 is 9.47 Å². The molecule has 7 nitrogen and oxygen atoms in total. The van der Waals surface area contributed by atoms with E-state index in [1.54, 1.807) is 0 Å². The van der Waals surface area contributed by atoms with E-state index in [-0.39, 0.29) is 24.7 Å². The molecule has 1 aliphatic rings. The van der Waals surface area contributed by atoms with Gasteiger partial charge in [0.05, 0.1) is 31.8 Å². The van der Waals surface area contributed by atoms with Crippen molar-refractivity contribution in [3.8, 4) is 11.5 Å². The molecule has 2 rings (SSSR count). The molecular formula is C23H19F18NO6. The zero-order valence-corrected chi connectivity index (χ0v) is 23.1. The lowest BCUT2D eigenvalue weighted by Crippen LogP contribution is -2.60. The molecule has 25 heteroatoms. The quantitative estimate of drug-likeness (QED) is 0.140. The number of aromatic nitrogens is 1. The van der Waals surface area contributed by atoms with Gasteiger partial charge < -0.3 is 23.5 Å². The fraction of sp³-hybridized carbons (Fsp3) is 0.739. The van der Waals surface area contributed by atoms with Gasteiger partial charge in [0.25, 0.3) is 0 Å². The van der Waals surface area contributed by atoms with Gasteiger partial charge in [0, 0.05) is 12.8 Å². The molecule has 0 radical (unpaired) electrons. The molecule has 0 N–H and O–H groups in total. The van der Waals surface area contributed by atoms with Gasteiger partial charge in [0.1, 0.15) is 19.8 Å². The largest absolute Gasteiger partial charge is 0.485 e. The lowest BCUT2D eigenvalue weighted by molar-refractivity contribution is -0.396. The summed E-state index contributed by atoms with van der Waals surface area (Å²) in [6.07, 6.45) is -23.5. The molecule has 2 heterocycles. The molecule has 0 spiro atoms. The highest BCUT2D eigenvalue weighted by Crippen LogP contribution is 2.55. The molecular weight excluding hydrogens is 728 g/mol. The molecule has 0 aromatic carbocycles. The number of hydrogen-bond acceptors (Lipinski definition) is 6. The summed E-state index contributed by atoms with van der Waals surface area (Å²) in [6.45, 7) is -2.13. The Balaban J connectivity index is 2.15. The maximum atomic E-state index is 13.8. The fourth-order valence-electron chi connectivity index (χ4n) is 3.60. The van der Waals surface area contributed by atoms with Crippen LogP contribution in [0.25, 0.3) is 0 Å². The van der Waals surface area contributed by atoms with Crippen molar-refractivity contribution in [1.29, 1.82) is 0 Å². The molecule has 0 bridgehead atoms. The van der Waals surface area contributed by atoms with Crippen molar-refractivity contribution in [2.75, 3.05) is 19.8 Å². The minimum Gasteiger partial charge on any atom is -0.485 e. The lowest BCUT2D eigenvalue weighted by atomic mass is 9.99. The van der Waals surface area contributed by atoms with E-state index in [4.69, 9.17) is 9.47 Å². The fourth-order valence-corrected chi connectivity index (χ4v) is 3.60. The summed E-state index contributed by atoms with van der Waals surface area (Å²) in [5.74, 6) is -45.1. The Kier molecular flexibility index (Phi) is 11.4. The predicted octanol–water partition coefficient (Wildman–Crippen LogP) is 7.21. The molecule has 1 aromatic heterocycles. The van der Waals surface area contributed by atoms with Gasteiger partial charge in [-0.05, 0) is 0 Å². The third-order valence-corrected chi connectivity index (χ3v) is 6.26. The van der Waals surface area contributed by atoms with E-state index in [9.17, 15) is 88.6 Å². The highest BCUT2D eigenvalue weighted by Gasteiger charge is 2.82. The molecule has 1 unspecified atom stereocenters. The van der Waals surface area contributed by atoms with Crippen molar-refractivity contribution in [2.24, 2.45) is 0 Å². The summed E-state index contributed by atoms with van der Waals surface area (Å²) in [6, 6.07) is 0. The lowest BCUT2D eigenvalue weighted by Gasteiger charge is -2.33. The number of carbonyl (C=O) groups is 2. The van der Waals surface area contributed by atoms with Gasteiger partial charge in [-0.3, -0.25) is 9.59 Å². The van der Waals surface area contributed by atoms with Crippen LogP contribution in [0.2, 0.25) is 0 Å². The number of ether oxygens (including phenoxy) is 4. The number of rotatable bonds is 15. The number of alkyl halides is 18. The molecule has 0 saturated carbocycles. The minimum atomic E-state index is -7.27. The Morgan fingerprint density at radius 3 is 1.38 bits per heavy atom. The molecule has 1 atom stereocenters. The SMILES string of the molecule is O=C(CCC(F)(F)C(F)(F)C(F)(F)C(F)(F)F)OCC(Cn1cc2c(c1)OCCO2)OC(=O)CCC(F)(F)C(F)(F)C(F)(F)C(F)(F)F. The van der Waals surface area contributed by atoms with Gasteiger partial charge in [-0.1, -0.05) is 0 Å². The van der Waals surface area contributed by atoms with Crippen LogP contribution in [-0.4, -0.2) is 90.3 Å². The standard InChI is InChI=1S/C23H19F18NO6/c24-16(25,18(28,29)20(32,33)22(36,37)38)3-1-14(43)47-10-11(7-42-8-12-13(9-42)46-6-5-45-12)48-15(44)2-4-17(26,27)19(30,31)21(34,35)23(39,40)41/h8-9,11H,1-7,10H2. The number of hydrogen-bond donors (Lipinski definition) is 0. The van der Waals surface area contributed by atoms with Crippen LogP contribution >= 0.6 is 0 Å². The minimum absolute atomic E-state index is 0.0118. The van der Waals surface area contributed by atoms with E-state index in [0.29, 0.717) is 0 Å². The third kappa shape index (κ3) is 8.22. The van der Waals surface area contributed by atoms with Crippen LogP contribution in [0.1, 0.15) is 25.7 Å². The average molecular weight is 747 g/mol. The molecule has 48 heavy (non-hydrogen) atoms. The molecule has 1 aliphatic heterocycles. The highest BCUT2D eigenvalue weighted by atomic mass is 19.4. The number of carbonyl (C=O) groups excluding carboxylic acids is 2. The summed E-state index contributed by atoms with van der Waals surface area (Å²) in [7, 11) is 0. The Bertz CT molecular complexity index is 1270. The summed E-state index contributed by atoms with van der Waals surface area (Å²) in [5.41, 5.74) is 0. The number of esters is 2. The van der Waals surface area contributed by atoms with Gasteiger partial charge in [-0.25, -0.2) is 0 Å². The molecule has 0 amide bonds. The van der Waals surface area contributed by atoms with Crippen LogP contribution in [0, 0.1) is 0 Å². The van der Waals surface area contributed by atoms with E-state index < -0.39 is 105 Å². The second-order valence-electron chi connectivity index (χ2n) is 9.88. The second-order valence-corrected chi connectivity index (χ2v) is 9.88. The first-order chi connectivity index (χ1) is 21.4. The van der Waals surface area contributed by atoms with Crippen molar-refractivity contribution in [3.05, 3.63) is 12.4 Å². The molecule has 0 fully saturated rings. The molecule has 0 saturated heterocycles. The Labute approximate surface area is 255 Å². The highest BCUT2D eigenvalue weighted by molar-refractivity contribution is 5.70. The van der Waals surface area contributed by atoms with Gasteiger partial charge in [-0.15, -0.1) is 0 Å². The van der Waals surface area contributed by atoms with Crippen molar-refractivity contribution < 1.29 is 108 Å². The maximum absolute atomic E-state index is 13.8. The van der Waals surface area contributed by atoms with Gasteiger partial charge in [0.2, 0.25) is 0 Å². The molecule has 278 valence electrons. The maximum Gasteiger partial charge on any atom is 0.460 e. The van der Waals surface area contributed by atoms with Crippen molar-refractivity contribution in [3.63, 3.8) is 0 Å². The van der Waals surface area contributed by atoms with Crippen LogP contribution in [0.3, 0.4) is 0 Å². The molecule has 1 aromatic rings.